The second-order valence-electron chi connectivity index (χ2n) is 5.74. The molecule has 2 aromatic carbocycles. The lowest BCUT2D eigenvalue weighted by atomic mass is 10.0. The molecule has 0 aromatic heterocycles. The Morgan fingerprint density at radius 1 is 0.864 bits per heavy atom. The van der Waals surface area contributed by atoms with E-state index in [1.54, 1.807) is 12.1 Å². The van der Waals surface area contributed by atoms with E-state index in [0.29, 0.717) is 5.75 Å². The molecule has 0 saturated carbocycles. The molecule has 2 rings (SSSR count). The van der Waals surface area contributed by atoms with Crippen molar-refractivity contribution in [3.05, 3.63) is 54.1 Å². The summed E-state index contributed by atoms with van der Waals surface area (Å²) in [5.41, 5.74) is 3.47. The molecule has 22 heavy (non-hydrogen) atoms. The fourth-order valence-electron chi connectivity index (χ4n) is 2.49. The Hall–Kier alpha value is -1.80. The molecule has 0 radical (unpaired) electrons. The minimum atomic E-state index is 0.135. The molecule has 0 saturated heterocycles. The van der Waals surface area contributed by atoms with Crippen molar-refractivity contribution in [3.8, 4) is 16.9 Å². The van der Waals surface area contributed by atoms with Gasteiger partial charge in [0, 0.05) is 6.61 Å². The largest absolute Gasteiger partial charge is 0.508 e. The molecule has 0 fully saturated rings. The lowest BCUT2D eigenvalue weighted by Crippen LogP contribution is -2.01. The van der Waals surface area contributed by atoms with Gasteiger partial charge in [0.1, 0.15) is 5.75 Å². The van der Waals surface area contributed by atoms with Gasteiger partial charge in [-0.25, -0.2) is 0 Å². The van der Waals surface area contributed by atoms with Gasteiger partial charge in [0.05, 0.1) is 6.10 Å². The summed E-state index contributed by atoms with van der Waals surface area (Å²) < 4.78 is 5.90. The maximum absolute atomic E-state index is 9.34. The molecule has 2 aromatic rings. The van der Waals surface area contributed by atoms with Gasteiger partial charge in [0.25, 0.3) is 0 Å². The van der Waals surface area contributed by atoms with Crippen LogP contribution in [0.4, 0.5) is 0 Å². The second-order valence-corrected chi connectivity index (χ2v) is 5.74. The Bertz CT molecular complexity index is 543. The third-order valence-corrected chi connectivity index (χ3v) is 3.95. The minimum absolute atomic E-state index is 0.135. The number of ether oxygens (including phenoxy) is 1. The molecule has 0 spiro atoms. The van der Waals surface area contributed by atoms with Crippen LogP contribution in [-0.2, 0) is 4.74 Å². The first kappa shape index (κ1) is 16.6. The normalized spacial score (nSPS) is 12.3. The molecular formula is C20H26O2. The molecule has 1 atom stereocenters. The SMILES string of the molecule is CCCCCCOC(C)c1ccc(-c2ccc(O)cc2)cc1. The topological polar surface area (TPSA) is 29.5 Å². The molecule has 0 aliphatic carbocycles. The third kappa shape index (κ3) is 4.88. The number of hydrogen-bond donors (Lipinski definition) is 1. The monoisotopic (exact) mass is 298 g/mol. The number of unbranched alkanes of at least 4 members (excludes halogenated alkanes) is 3. The van der Waals surface area contributed by atoms with Crippen molar-refractivity contribution in [2.75, 3.05) is 6.61 Å². The van der Waals surface area contributed by atoms with Gasteiger partial charge in [-0.2, -0.15) is 0 Å². The van der Waals surface area contributed by atoms with Crippen LogP contribution in [0.15, 0.2) is 48.5 Å². The Kier molecular flexibility index (Phi) is 6.47. The number of rotatable bonds is 8. The maximum atomic E-state index is 9.34. The highest BCUT2D eigenvalue weighted by Crippen LogP contribution is 2.25. The van der Waals surface area contributed by atoms with Crippen molar-refractivity contribution in [2.24, 2.45) is 0 Å². The molecule has 0 aliphatic heterocycles. The van der Waals surface area contributed by atoms with Crippen molar-refractivity contribution in [1.29, 1.82) is 0 Å². The van der Waals surface area contributed by atoms with Crippen LogP contribution in [-0.4, -0.2) is 11.7 Å². The molecule has 2 heteroatoms. The van der Waals surface area contributed by atoms with Crippen LogP contribution in [0.3, 0.4) is 0 Å². The zero-order valence-electron chi connectivity index (χ0n) is 13.6. The quantitative estimate of drug-likeness (QED) is 0.632. The molecule has 118 valence electrons. The Morgan fingerprint density at radius 2 is 1.45 bits per heavy atom. The lowest BCUT2D eigenvalue weighted by Gasteiger charge is -2.14. The van der Waals surface area contributed by atoms with Gasteiger partial charge in [-0.3, -0.25) is 0 Å². The highest BCUT2D eigenvalue weighted by Gasteiger charge is 2.06. The summed E-state index contributed by atoms with van der Waals surface area (Å²) in [4.78, 5) is 0. The number of benzene rings is 2. The van der Waals surface area contributed by atoms with Gasteiger partial charge in [-0.15, -0.1) is 0 Å². The summed E-state index contributed by atoms with van der Waals surface area (Å²) in [6.07, 6.45) is 5.08. The van der Waals surface area contributed by atoms with Crippen molar-refractivity contribution in [3.63, 3.8) is 0 Å². The van der Waals surface area contributed by atoms with Crippen molar-refractivity contribution in [1.82, 2.24) is 0 Å². The summed E-state index contributed by atoms with van der Waals surface area (Å²) in [6.45, 7) is 5.16. The van der Waals surface area contributed by atoms with E-state index in [1.807, 2.05) is 12.1 Å². The fourth-order valence-corrected chi connectivity index (χ4v) is 2.49. The van der Waals surface area contributed by atoms with E-state index in [9.17, 15) is 5.11 Å². The molecule has 0 amide bonds. The summed E-state index contributed by atoms with van der Waals surface area (Å²) in [5, 5.41) is 9.34. The van der Waals surface area contributed by atoms with Crippen LogP contribution in [0.5, 0.6) is 5.75 Å². The summed E-state index contributed by atoms with van der Waals surface area (Å²) in [6, 6.07) is 15.8. The van der Waals surface area contributed by atoms with Gasteiger partial charge in [-0.05, 0) is 42.2 Å². The van der Waals surface area contributed by atoms with E-state index < -0.39 is 0 Å². The highest BCUT2D eigenvalue weighted by molar-refractivity contribution is 5.64. The van der Waals surface area contributed by atoms with Crippen LogP contribution in [0.2, 0.25) is 0 Å². The highest BCUT2D eigenvalue weighted by atomic mass is 16.5. The Labute approximate surface area is 133 Å². The average Bonchev–Trinajstić information content (AvgIpc) is 2.55. The average molecular weight is 298 g/mol. The predicted octanol–water partition coefficient (Wildman–Crippen LogP) is 5.72. The molecular weight excluding hydrogens is 272 g/mol. The number of aromatic hydroxyl groups is 1. The van der Waals surface area contributed by atoms with Gasteiger partial charge < -0.3 is 9.84 Å². The Morgan fingerprint density at radius 3 is 2.05 bits per heavy atom. The fraction of sp³-hybridized carbons (Fsp3) is 0.400. The predicted molar refractivity (Wildman–Crippen MR) is 92.1 cm³/mol. The van der Waals surface area contributed by atoms with Crippen LogP contribution in [0, 0.1) is 0 Å². The standard InChI is InChI=1S/C20H26O2/c1-3-4-5-6-15-22-16(2)17-7-9-18(10-8-17)19-11-13-20(21)14-12-19/h7-14,16,21H,3-6,15H2,1-2H3. The van der Waals surface area contributed by atoms with Crippen LogP contribution in [0.1, 0.15) is 51.2 Å². The van der Waals surface area contributed by atoms with E-state index >= 15 is 0 Å². The molecule has 0 bridgehead atoms. The second kappa shape index (κ2) is 8.60. The lowest BCUT2D eigenvalue weighted by molar-refractivity contribution is 0.0628. The van der Waals surface area contributed by atoms with E-state index in [-0.39, 0.29) is 6.10 Å². The number of hydrogen-bond acceptors (Lipinski definition) is 2. The van der Waals surface area contributed by atoms with Gasteiger partial charge in [0.15, 0.2) is 0 Å². The van der Waals surface area contributed by atoms with Gasteiger partial charge in [0.2, 0.25) is 0 Å². The molecule has 0 aliphatic rings. The number of phenolic OH excluding ortho intramolecular Hbond substituents is 1. The molecule has 1 unspecified atom stereocenters. The third-order valence-electron chi connectivity index (χ3n) is 3.95. The Balaban J connectivity index is 1.89. The first-order chi connectivity index (χ1) is 10.7. The van der Waals surface area contributed by atoms with Crippen LogP contribution in [0.25, 0.3) is 11.1 Å². The maximum Gasteiger partial charge on any atom is 0.115 e. The molecule has 0 heterocycles. The number of phenols is 1. The van der Waals surface area contributed by atoms with Crippen molar-refractivity contribution >= 4 is 0 Å². The minimum Gasteiger partial charge on any atom is -0.508 e. The first-order valence-corrected chi connectivity index (χ1v) is 8.21. The smallest absolute Gasteiger partial charge is 0.115 e. The van der Waals surface area contributed by atoms with Crippen LogP contribution >= 0.6 is 0 Å². The zero-order valence-corrected chi connectivity index (χ0v) is 13.6. The van der Waals surface area contributed by atoms with E-state index in [1.165, 1.54) is 24.8 Å². The summed E-state index contributed by atoms with van der Waals surface area (Å²) in [5.74, 6) is 0.297. The van der Waals surface area contributed by atoms with Crippen LogP contribution < -0.4 is 0 Å². The van der Waals surface area contributed by atoms with E-state index in [2.05, 4.69) is 38.1 Å². The first-order valence-electron chi connectivity index (χ1n) is 8.21. The van der Waals surface area contributed by atoms with Crippen molar-refractivity contribution < 1.29 is 9.84 Å². The summed E-state index contributed by atoms with van der Waals surface area (Å²) in [7, 11) is 0. The zero-order chi connectivity index (χ0) is 15.8. The van der Waals surface area contributed by atoms with E-state index in [0.717, 1.165) is 24.2 Å². The van der Waals surface area contributed by atoms with Gasteiger partial charge in [-0.1, -0.05) is 62.6 Å². The molecule has 1 N–H and O–H groups in total. The van der Waals surface area contributed by atoms with Gasteiger partial charge >= 0.3 is 0 Å². The summed E-state index contributed by atoms with van der Waals surface area (Å²) >= 11 is 0. The van der Waals surface area contributed by atoms with Crippen molar-refractivity contribution in [2.45, 2.75) is 45.6 Å². The molecule has 2 nitrogen and oxygen atoms in total. The van der Waals surface area contributed by atoms with E-state index in [4.69, 9.17) is 4.74 Å².